The SMILES string of the molecule is Cc1cc(C)cc(Sc2ccccn2)c1. The maximum atomic E-state index is 4.30. The maximum Gasteiger partial charge on any atom is 0.101 e. The summed E-state index contributed by atoms with van der Waals surface area (Å²) in [7, 11) is 0. The Kier molecular flexibility index (Phi) is 3.07. The lowest BCUT2D eigenvalue weighted by Gasteiger charge is -2.03. The van der Waals surface area contributed by atoms with E-state index in [1.54, 1.807) is 11.8 Å². The van der Waals surface area contributed by atoms with Crippen LogP contribution in [-0.2, 0) is 0 Å². The molecule has 1 aromatic heterocycles. The minimum absolute atomic E-state index is 1.04. The standard InChI is InChI=1S/C13H13NS/c1-10-7-11(2)9-12(8-10)15-13-5-3-4-6-14-13/h3-9H,1-2H3. The van der Waals surface area contributed by atoms with Crippen LogP contribution in [0.5, 0.6) is 0 Å². The van der Waals surface area contributed by atoms with Crippen molar-refractivity contribution >= 4 is 11.8 Å². The van der Waals surface area contributed by atoms with Crippen LogP contribution in [0.3, 0.4) is 0 Å². The average molecular weight is 215 g/mol. The number of aromatic nitrogens is 1. The van der Waals surface area contributed by atoms with E-state index in [1.807, 2.05) is 24.4 Å². The summed E-state index contributed by atoms with van der Waals surface area (Å²) in [5.41, 5.74) is 2.60. The van der Waals surface area contributed by atoms with Gasteiger partial charge in [0.1, 0.15) is 5.03 Å². The topological polar surface area (TPSA) is 12.9 Å². The highest BCUT2D eigenvalue weighted by molar-refractivity contribution is 7.99. The summed E-state index contributed by atoms with van der Waals surface area (Å²) < 4.78 is 0. The zero-order chi connectivity index (χ0) is 10.7. The zero-order valence-electron chi connectivity index (χ0n) is 8.90. The third-order valence-corrected chi connectivity index (χ3v) is 2.98. The van der Waals surface area contributed by atoms with Crippen molar-refractivity contribution in [2.75, 3.05) is 0 Å². The summed E-state index contributed by atoms with van der Waals surface area (Å²) in [6.45, 7) is 4.24. The molecule has 2 heteroatoms. The molecule has 15 heavy (non-hydrogen) atoms. The molecule has 1 aromatic carbocycles. The van der Waals surface area contributed by atoms with Crippen LogP contribution in [0.2, 0.25) is 0 Å². The van der Waals surface area contributed by atoms with Gasteiger partial charge >= 0.3 is 0 Å². The van der Waals surface area contributed by atoms with E-state index in [4.69, 9.17) is 0 Å². The van der Waals surface area contributed by atoms with E-state index in [0.29, 0.717) is 0 Å². The average Bonchev–Trinajstić information content (AvgIpc) is 2.17. The van der Waals surface area contributed by atoms with Crippen molar-refractivity contribution in [3.05, 3.63) is 53.7 Å². The van der Waals surface area contributed by atoms with E-state index in [2.05, 4.69) is 37.0 Å². The van der Waals surface area contributed by atoms with Crippen molar-refractivity contribution in [3.8, 4) is 0 Å². The Hall–Kier alpha value is -1.28. The van der Waals surface area contributed by atoms with Crippen LogP contribution < -0.4 is 0 Å². The minimum atomic E-state index is 1.04. The molecule has 0 fully saturated rings. The zero-order valence-corrected chi connectivity index (χ0v) is 9.71. The third kappa shape index (κ3) is 2.83. The maximum absolute atomic E-state index is 4.30. The largest absolute Gasteiger partial charge is 0.250 e. The molecular weight excluding hydrogens is 202 g/mol. The van der Waals surface area contributed by atoms with Gasteiger partial charge in [0.15, 0.2) is 0 Å². The fourth-order valence-corrected chi connectivity index (χ4v) is 2.51. The summed E-state index contributed by atoms with van der Waals surface area (Å²) >= 11 is 1.70. The molecule has 0 unspecified atom stereocenters. The molecule has 0 saturated carbocycles. The molecule has 76 valence electrons. The molecule has 0 saturated heterocycles. The van der Waals surface area contributed by atoms with Crippen LogP contribution in [0, 0.1) is 13.8 Å². The summed E-state index contributed by atoms with van der Waals surface area (Å²) in [4.78, 5) is 5.55. The molecule has 0 N–H and O–H groups in total. The first kappa shape index (κ1) is 10.2. The van der Waals surface area contributed by atoms with Gasteiger partial charge in [-0.05, 0) is 49.2 Å². The molecule has 1 heterocycles. The van der Waals surface area contributed by atoms with Crippen molar-refractivity contribution in [2.24, 2.45) is 0 Å². The van der Waals surface area contributed by atoms with E-state index < -0.39 is 0 Å². The minimum Gasteiger partial charge on any atom is -0.250 e. The molecule has 0 radical (unpaired) electrons. The van der Waals surface area contributed by atoms with Gasteiger partial charge in [-0.2, -0.15) is 0 Å². The summed E-state index contributed by atoms with van der Waals surface area (Å²) in [6.07, 6.45) is 1.82. The predicted octanol–water partition coefficient (Wildman–Crippen LogP) is 3.85. The molecule has 1 nitrogen and oxygen atoms in total. The first-order chi connectivity index (χ1) is 7.24. The number of benzene rings is 1. The van der Waals surface area contributed by atoms with Gasteiger partial charge in [0.2, 0.25) is 0 Å². The molecule has 0 aliphatic carbocycles. The third-order valence-electron chi connectivity index (χ3n) is 2.06. The molecule has 2 aromatic rings. The number of aryl methyl sites for hydroxylation is 2. The smallest absolute Gasteiger partial charge is 0.101 e. The van der Waals surface area contributed by atoms with E-state index in [0.717, 1.165) is 5.03 Å². The molecule has 0 amide bonds. The van der Waals surface area contributed by atoms with Gasteiger partial charge in [-0.15, -0.1) is 0 Å². The quantitative estimate of drug-likeness (QED) is 0.754. The molecule has 0 bridgehead atoms. The number of pyridine rings is 1. The predicted molar refractivity (Wildman–Crippen MR) is 64.3 cm³/mol. The number of hydrogen-bond acceptors (Lipinski definition) is 2. The van der Waals surface area contributed by atoms with Gasteiger partial charge in [0.05, 0.1) is 0 Å². The van der Waals surface area contributed by atoms with Crippen LogP contribution >= 0.6 is 11.8 Å². The Labute approximate surface area is 94.6 Å². The lowest BCUT2D eigenvalue weighted by molar-refractivity contribution is 1.13. The first-order valence-electron chi connectivity index (χ1n) is 4.91. The Balaban J connectivity index is 2.25. The molecule has 2 rings (SSSR count). The van der Waals surface area contributed by atoms with Crippen LogP contribution in [0.1, 0.15) is 11.1 Å². The van der Waals surface area contributed by atoms with Crippen molar-refractivity contribution < 1.29 is 0 Å². The summed E-state index contributed by atoms with van der Waals surface area (Å²) in [6, 6.07) is 12.5. The lowest BCUT2D eigenvalue weighted by Crippen LogP contribution is -1.81. The normalized spacial score (nSPS) is 10.3. The monoisotopic (exact) mass is 215 g/mol. The second-order valence-corrected chi connectivity index (χ2v) is 4.69. The fraction of sp³-hybridized carbons (Fsp3) is 0.154. The Morgan fingerprint density at radius 2 is 1.73 bits per heavy atom. The van der Waals surface area contributed by atoms with Gasteiger partial charge in [-0.25, -0.2) is 4.98 Å². The van der Waals surface area contributed by atoms with E-state index in [-0.39, 0.29) is 0 Å². The van der Waals surface area contributed by atoms with E-state index in [9.17, 15) is 0 Å². The van der Waals surface area contributed by atoms with Crippen LogP contribution in [0.4, 0.5) is 0 Å². The van der Waals surface area contributed by atoms with Crippen molar-refractivity contribution in [2.45, 2.75) is 23.8 Å². The van der Waals surface area contributed by atoms with Crippen LogP contribution in [0.25, 0.3) is 0 Å². The van der Waals surface area contributed by atoms with Gasteiger partial charge in [-0.1, -0.05) is 23.9 Å². The van der Waals surface area contributed by atoms with E-state index >= 15 is 0 Å². The highest BCUT2D eigenvalue weighted by Gasteiger charge is 1.99. The molecule has 0 atom stereocenters. The number of nitrogens with zero attached hydrogens (tertiary/aromatic N) is 1. The number of rotatable bonds is 2. The number of hydrogen-bond donors (Lipinski definition) is 0. The van der Waals surface area contributed by atoms with Crippen molar-refractivity contribution in [3.63, 3.8) is 0 Å². The van der Waals surface area contributed by atoms with Crippen molar-refractivity contribution in [1.29, 1.82) is 0 Å². The van der Waals surface area contributed by atoms with E-state index in [1.165, 1.54) is 16.0 Å². The Morgan fingerprint density at radius 1 is 1.00 bits per heavy atom. The van der Waals surface area contributed by atoms with Crippen LogP contribution in [-0.4, -0.2) is 4.98 Å². The van der Waals surface area contributed by atoms with Crippen molar-refractivity contribution in [1.82, 2.24) is 4.98 Å². The molecular formula is C13H13NS. The van der Waals surface area contributed by atoms with Crippen LogP contribution in [0.15, 0.2) is 52.5 Å². The fourth-order valence-electron chi connectivity index (χ4n) is 1.52. The summed E-state index contributed by atoms with van der Waals surface area (Å²) in [5, 5.41) is 1.04. The van der Waals surface area contributed by atoms with Gasteiger partial charge in [-0.3, -0.25) is 0 Å². The first-order valence-corrected chi connectivity index (χ1v) is 5.73. The Morgan fingerprint density at radius 3 is 2.33 bits per heavy atom. The van der Waals surface area contributed by atoms with Gasteiger partial charge in [0.25, 0.3) is 0 Å². The molecule has 0 spiro atoms. The van der Waals surface area contributed by atoms with Gasteiger partial charge < -0.3 is 0 Å². The second-order valence-electron chi connectivity index (χ2n) is 3.59. The highest BCUT2D eigenvalue weighted by Crippen LogP contribution is 2.27. The lowest BCUT2D eigenvalue weighted by atomic mass is 10.2. The Bertz CT molecular complexity index is 431. The second kappa shape index (κ2) is 4.49. The van der Waals surface area contributed by atoms with Gasteiger partial charge in [0, 0.05) is 11.1 Å². The highest BCUT2D eigenvalue weighted by atomic mass is 32.2. The molecule has 0 aliphatic rings. The molecule has 0 aliphatic heterocycles. The summed E-state index contributed by atoms with van der Waals surface area (Å²) in [5.74, 6) is 0.